The van der Waals surface area contributed by atoms with E-state index < -0.39 is 0 Å². The minimum Gasteiger partial charge on any atom is -0.496 e. The molecule has 1 aliphatic carbocycles. The topological polar surface area (TPSA) is 38.5 Å². The Morgan fingerprint density at radius 3 is 2.62 bits per heavy atom. The molecule has 0 heterocycles. The van der Waals surface area contributed by atoms with Crippen molar-refractivity contribution in [3.05, 3.63) is 29.8 Å². The van der Waals surface area contributed by atoms with Gasteiger partial charge in [-0.05, 0) is 50.8 Å². The molecule has 3 heteroatoms. The van der Waals surface area contributed by atoms with Gasteiger partial charge in [-0.3, -0.25) is 0 Å². The Kier molecular flexibility index (Phi) is 6.07. The summed E-state index contributed by atoms with van der Waals surface area (Å²) in [5.41, 5.74) is 7.67. The number of hydrogen-bond acceptors (Lipinski definition) is 3. The third kappa shape index (κ3) is 4.45. The first kappa shape index (κ1) is 16.3. The number of nitrogens with two attached hydrogens (primary N) is 1. The van der Waals surface area contributed by atoms with E-state index in [2.05, 4.69) is 31.0 Å². The molecular weight excluding hydrogens is 260 g/mol. The van der Waals surface area contributed by atoms with Gasteiger partial charge in [0.05, 0.1) is 7.11 Å². The highest BCUT2D eigenvalue weighted by Gasteiger charge is 2.24. The highest BCUT2D eigenvalue weighted by atomic mass is 16.5. The van der Waals surface area contributed by atoms with Crippen LogP contribution in [0.25, 0.3) is 0 Å². The van der Waals surface area contributed by atoms with Crippen LogP contribution in [0.1, 0.15) is 38.2 Å². The lowest BCUT2D eigenvalue weighted by molar-refractivity contribution is 0.216. The van der Waals surface area contributed by atoms with Crippen LogP contribution in [0.2, 0.25) is 0 Å². The predicted octanol–water partition coefficient (Wildman–Crippen LogP) is 3.08. The number of nitrogens with zero attached hydrogens (tertiary/aromatic N) is 1. The summed E-state index contributed by atoms with van der Waals surface area (Å²) in [6.07, 6.45) is 6.35. The molecule has 0 aliphatic heterocycles. The zero-order chi connectivity index (χ0) is 15.2. The first-order chi connectivity index (χ1) is 10.1. The summed E-state index contributed by atoms with van der Waals surface area (Å²) in [6.45, 7) is 3.26. The van der Waals surface area contributed by atoms with Gasteiger partial charge in [-0.1, -0.05) is 31.0 Å². The Balaban J connectivity index is 1.88. The second-order valence-electron chi connectivity index (χ2n) is 6.51. The molecule has 21 heavy (non-hydrogen) atoms. The van der Waals surface area contributed by atoms with E-state index in [1.54, 1.807) is 7.11 Å². The Hall–Kier alpha value is -1.06. The molecule has 118 valence electrons. The van der Waals surface area contributed by atoms with Gasteiger partial charge in [0.2, 0.25) is 0 Å². The lowest BCUT2D eigenvalue weighted by atomic mass is 9.97. The normalized spacial score (nSPS) is 18.9. The van der Waals surface area contributed by atoms with Crippen molar-refractivity contribution in [1.29, 1.82) is 0 Å². The van der Waals surface area contributed by atoms with Crippen LogP contribution in [-0.2, 0) is 6.42 Å². The van der Waals surface area contributed by atoms with Crippen LogP contribution in [0.5, 0.6) is 5.75 Å². The van der Waals surface area contributed by atoms with Crippen LogP contribution in [-0.4, -0.2) is 37.7 Å². The smallest absolute Gasteiger partial charge is 0.122 e. The molecule has 1 fully saturated rings. The van der Waals surface area contributed by atoms with Gasteiger partial charge >= 0.3 is 0 Å². The van der Waals surface area contributed by atoms with E-state index >= 15 is 0 Å². The highest BCUT2D eigenvalue weighted by molar-refractivity contribution is 5.33. The van der Waals surface area contributed by atoms with Crippen LogP contribution >= 0.6 is 0 Å². The van der Waals surface area contributed by atoms with Gasteiger partial charge in [0.1, 0.15) is 5.75 Å². The van der Waals surface area contributed by atoms with Gasteiger partial charge in [-0.2, -0.15) is 0 Å². The van der Waals surface area contributed by atoms with Gasteiger partial charge in [-0.25, -0.2) is 0 Å². The van der Waals surface area contributed by atoms with E-state index in [0.717, 1.165) is 24.6 Å². The maximum atomic E-state index is 6.40. The molecule has 1 aromatic rings. The van der Waals surface area contributed by atoms with Gasteiger partial charge in [-0.15, -0.1) is 0 Å². The summed E-state index contributed by atoms with van der Waals surface area (Å²) >= 11 is 0. The zero-order valence-electron chi connectivity index (χ0n) is 13.7. The van der Waals surface area contributed by atoms with Crippen LogP contribution in [0, 0.1) is 5.92 Å². The predicted molar refractivity (Wildman–Crippen MR) is 88.7 cm³/mol. The molecule has 2 unspecified atom stereocenters. The molecule has 0 amide bonds. The summed E-state index contributed by atoms with van der Waals surface area (Å²) in [5, 5.41) is 0. The third-order valence-corrected chi connectivity index (χ3v) is 4.96. The van der Waals surface area contributed by atoms with Gasteiger partial charge in [0.15, 0.2) is 0 Å². The van der Waals surface area contributed by atoms with E-state index in [-0.39, 0.29) is 0 Å². The SMILES string of the molecule is COc1ccccc1CC(C)N(C)CC(N)C1CCCC1. The molecule has 1 aliphatic rings. The van der Waals surface area contributed by atoms with Crippen molar-refractivity contribution in [1.82, 2.24) is 4.90 Å². The Bertz CT molecular complexity index is 429. The van der Waals surface area contributed by atoms with Crippen LogP contribution in [0.3, 0.4) is 0 Å². The van der Waals surface area contributed by atoms with Crippen molar-refractivity contribution < 1.29 is 4.74 Å². The van der Waals surface area contributed by atoms with E-state index in [1.807, 2.05) is 12.1 Å². The lowest BCUT2D eigenvalue weighted by Gasteiger charge is -2.30. The Morgan fingerprint density at radius 1 is 1.29 bits per heavy atom. The Labute approximate surface area is 129 Å². The first-order valence-corrected chi connectivity index (χ1v) is 8.19. The standard InChI is InChI=1S/C18H30N2O/c1-14(12-16-10-6-7-11-18(16)21-3)20(2)13-17(19)15-8-4-5-9-15/h6-7,10-11,14-15,17H,4-5,8-9,12-13,19H2,1-3H3. The summed E-state index contributed by atoms with van der Waals surface area (Å²) in [6, 6.07) is 9.07. The molecule has 3 nitrogen and oxygen atoms in total. The maximum Gasteiger partial charge on any atom is 0.122 e. The zero-order valence-corrected chi connectivity index (χ0v) is 13.7. The van der Waals surface area contributed by atoms with Crippen LogP contribution in [0.4, 0.5) is 0 Å². The fourth-order valence-corrected chi connectivity index (χ4v) is 3.39. The highest BCUT2D eigenvalue weighted by Crippen LogP contribution is 2.27. The van der Waals surface area contributed by atoms with E-state index in [1.165, 1.54) is 31.2 Å². The first-order valence-electron chi connectivity index (χ1n) is 8.19. The minimum atomic E-state index is 0.317. The summed E-state index contributed by atoms with van der Waals surface area (Å²) < 4.78 is 5.45. The lowest BCUT2D eigenvalue weighted by Crippen LogP contribution is -2.43. The third-order valence-electron chi connectivity index (χ3n) is 4.96. The summed E-state index contributed by atoms with van der Waals surface area (Å²) in [7, 11) is 3.93. The molecular formula is C18H30N2O. The molecule has 0 spiro atoms. The fourth-order valence-electron chi connectivity index (χ4n) is 3.39. The number of likely N-dealkylation sites (N-methyl/N-ethyl adjacent to an activating group) is 1. The van der Waals surface area contributed by atoms with Crippen LogP contribution < -0.4 is 10.5 Å². The van der Waals surface area contributed by atoms with Gasteiger partial charge in [0, 0.05) is 18.6 Å². The second kappa shape index (κ2) is 7.81. The van der Waals surface area contributed by atoms with Crippen molar-refractivity contribution in [3.8, 4) is 5.75 Å². The molecule has 2 rings (SSSR count). The average molecular weight is 290 g/mol. The Morgan fingerprint density at radius 2 is 1.95 bits per heavy atom. The number of hydrogen-bond donors (Lipinski definition) is 1. The van der Waals surface area contributed by atoms with E-state index in [4.69, 9.17) is 10.5 Å². The number of para-hydroxylation sites is 1. The van der Waals surface area contributed by atoms with Crippen molar-refractivity contribution in [3.63, 3.8) is 0 Å². The number of methoxy groups -OCH3 is 1. The maximum absolute atomic E-state index is 6.40. The fraction of sp³-hybridized carbons (Fsp3) is 0.667. The molecule has 0 saturated heterocycles. The van der Waals surface area contributed by atoms with Crippen molar-refractivity contribution >= 4 is 0 Å². The minimum absolute atomic E-state index is 0.317. The quantitative estimate of drug-likeness (QED) is 0.838. The van der Waals surface area contributed by atoms with Crippen molar-refractivity contribution in [2.24, 2.45) is 11.7 Å². The van der Waals surface area contributed by atoms with Crippen molar-refractivity contribution in [2.45, 2.75) is 51.1 Å². The second-order valence-corrected chi connectivity index (χ2v) is 6.51. The molecule has 0 radical (unpaired) electrons. The molecule has 2 atom stereocenters. The molecule has 1 saturated carbocycles. The van der Waals surface area contributed by atoms with Gasteiger partial charge < -0.3 is 15.4 Å². The van der Waals surface area contributed by atoms with E-state index in [0.29, 0.717) is 12.1 Å². The molecule has 2 N–H and O–H groups in total. The number of rotatable bonds is 7. The van der Waals surface area contributed by atoms with Gasteiger partial charge in [0.25, 0.3) is 0 Å². The monoisotopic (exact) mass is 290 g/mol. The van der Waals surface area contributed by atoms with E-state index in [9.17, 15) is 0 Å². The molecule has 1 aromatic carbocycles. The van der Waals surface area contributed by atoms with Crippen LogP contribution in [0.15, 0.2) is 24.3 Å². The largest absolute Gasteiger partial charge is 0.496 e. The summed E-state index contributed by atoms with van der Waals surface area (Å²) in [5.74, 6) is 1.71. The van der Waals surface area contributed by atoms with Crippen molar-refractivity contribution in [2.75, 3.05) is 20.7 Å². The number of benzene rings is 1. The average Bonchev–Trinajstić information content (AvgIpc) is 3.02. The molecule has 0 aromatic heterocycles. The number of ether oxygens (including phenoxy) is 1. The summed E-state index contributed by atoms with van der Waals surface area (Å²) in [4.78, 5) is 2.40. The molecule has 0 bridgehead atoms.